The predicted molar refractivity (Wildman–Crippen MR) is 110 cm³/mol. The smallest absolute Gasteiger partial charge is 0.226 e. The zero-order valence-corrected chi connectivity index (χ0v) is 17.6. The van der Waals surface area contributed by atoms with E-state index in [2.05, 4.69) is 11.5 Å². The molecule has 8 heteroatoms. The van der Waals surface area contributed by atoms with Gasteiger partial charge in [0.1, 0.15) is 15.7 Å². The molecule has 3 rings (SSSR count). The van der Waals surface area contributed by atoms with Gasteiger partial charge >= 0.3 is 0 Å². The average Bonchev–Trinajstić information content (AvgIpc) is 2.90. The Kier molecular flexibility index (Phi) is 5.63. The summed E-state index contributed by atoms with van der Waals surface area (Å²) < 4.78 is 31.7. The van der Waals surface area contributed by atoms with E-state index in [0.717, 1.165) is 34.3 Å². The molecule has 7 nitrogen and oxygen atoms in total. The molecule has 152 valence electrons. The first-order chi connectivity index (χ1) is 13.1. The lowest BCUT2D eigenvalue weighted by Gasteiger charge is -2.27. The molecular weight excluding hydrogens is 378 g/mol. The highest BCUT2D eigenvalue weighted by molar-refractivity contribution is 7.90. The number of aryl methyl sites for hydroxylation is 1. The van der Waals surface area contributed by atoms with Crippen LogP contribution in [0.2, 0.25) is 0 Å². The second-order valence-corrected chi connectivity index (χ2v) is 10.1. The van der Waals surface area contributed by atoms with Gasteiger partial charge in [0, 0.05) is 18.7 Å². The van der Waals surface area contributed by atoms with Crippen LogP contribution in [0.15, 0.2) is 30.5 Å². The summed E-state index contributed by atoms with van der Waals surface area (Å²) in [5, 5.41) is 13.2. The van der Waals surface area contributed by atoms with Crippen molar-refractivity contribution in [1.82, 2.24) is 9.55 Å². The van der Waals surface area contributed by atoms with Crippen molar-refractivity contribution in [2.75, 3.05) is 18.6 Å². The monoisotopic (exact) mass is 405 g/mol. The Bertz CT molecular complexity index is 1100. The molecule has 0 N–H and O–H groups in total. The van der Waals surface area contributed by atoms with E-state index in [4.69, 9.17) is 9.72 Å². The molecule has 0 radical (unpaired) electrons. The third-order valence-corrected chi connectivity index (χ3v) is 5.58. The Balaban J connectivity index is 2.05. The number of nitrogens with zero attached hydrogens (tertiary/aromatic N) is 3. The molecule has 0 spiro atoms. The van der Waals surface area contributed by atoms with Gasteiger partial charge in [-0.05, 0) is 26.3 Å². The second-order valence-electron chi connectivity index (χ2n) is 7.81. The SMILES string of the molecule is CCCc1nc2c[n+]([O-])c3ccccc3c2n1CC(C)(C)OCCS(C)(=O)=O. The molecule has 0 unspecified atom stereocenters. The minimum absolute atomic E-state index is 0.0119. The van der Waals surface area contributed by atoms with Gasteiger partial charge in [-0.2, -0.15) is 4.73 Å². The lowest BCUT2D eigenvalue weighted by Crippen LogP contribution is -2.33. The highest BCUT2D eigenvalue weighted by Crippen LogP contribution is 2.27. The summed E-state index contributed by atoms with van der Waals surface area (Å²) >= 11 is 0. The van der Waals surface area contributed by atoms with Gasteiger partial charge in [-0.15, -0.1) is 0 Å². The van der Waals surface area contributed by atoms with E-state index in [0.29, 0.717) is 17.6 Å². The van der Waals surface area contributed by atoms with Crippen LogP contribution in [-0.4, -0.2) is 42.2 Å². The van der Waals surface area contributed by atoms with E-state index < -0.39 is 15.4 Å². The maximum absolute atomic E-state index is 12.4. The molecule has 0 atom stereocenters. The number of rotatable bonds is 8. The number of hydrogen-bond donors (Lipinski definition) is 0. The molecule has 3 aromatic rings. The molecule has 2 aromatic heterocycles. The lowest BCUT2D eigenvalue weighted by molar-refractivity contribution is -0.575. The molecule has 1 aromatic carbocycles. The van der Waals surface area contributed by atoms with Crippen LogP contribution in [0.25, 0.3) is 21.9 Å². The van der Waals surface area contributed by atoms with Crippen molar-refractivity contribution in [2.45, 2.75) is 45.8 Å². The number of aromatic nitrogens is 3. The number of benzene rings is 1. The molecule has 0 amide bonds. The van der Waals surface area contributed by atoms with Crippen LogP contribution in [0.4, 0.5) is 0 Å². The van der Waals surface area contributed by atoms with E-state index >= 15 is 0 Å². The molecule has 0 fully saturated rings. The van der Waals surface area contributed by atoms with E-state index in [9.17, 15) is 13.6 Å². The van der Waals surface area contributed by atoms with E-state index in [1.54, 1.807) is 6.07 Å². The topological polar surface area (TPSA) is 88.1 Å². The minimum Gasteiger partial charge on any atom is -0.618 e. The van der Waals surface area contributed by atoms with Crippen molar-refractivity contribution in [3.05, 3.63) is 41.5 Å². The standard InChI is InChI=1S/C20H27N3O4S/c1-5-8-18-21-16-13-23(24)17-10-7-6-9-15(17)19(16)22(18)14-20(2,3)27-11-12-28(4,25)26/h6-7,9-10,13H,5,8,11-12,14H2,1-4H3. The number of imidazole rings is 1. The highest BCUT2D eigenvalue weighted by Gasteiger charge is 2.25. The quantitative estimate of drug-likeness (QED) is 0.425. The Morgan fingerprint density at radius 1 is 1.29 bits per heavy atom. The van der Waals surface area contributed by atoms with Gasteiger partial charge < -0.3 is 14.5 Å². The van der Waals surface area contributed by atoms with E-state index in [1.807, 2.05) is 32.0 Å². The fraction of sp³-hybridized carbons (Fsp3) is 0.500. The van der Waals surface area contributed by atoms with Crippen LogP contribution in [-0.2, 0) is 27.5 Å². The van der Waals surface area contributed by atoms with Gasteiger partial charge in [0.15, 0.2) is 5.52 Å². The van der Waals surface area contributed by atoms with Gasteiger partial charge in [-0.25, -0.2) is 13.4 Å². The number of hydrogen-bond acceptors (Lipinski definition) is 5. The predicted octanol–water partition coefficient (Wildman–Crippen LogP) is 2.62. The van der Waals surface area contributed by atoms with Gasteiger partial charge in [-0.1, -0.05) is 19.1 Å². The van der Waals surface area contributed by atoms with Crippen LogP contribution in [0.1, 0.15) is 33.0 Å². The third kappa shape index (κ3) is 4.44. The van der Waals surface area contributed by atoms with Crippen molar-refractivity contribution in [3.63, 3.8) is 0 Å². The number of para-hydroxylation sites is 1. The first kappa shape index (κ1) is 20.5. The Labute approximate surface area is 165 Å². The number of fused-ring (bicyclic) bond motifs is 3. The number of ether oxygens (including phenoxy) is 1. The van der Waals surface area contributed by atoms with Crippen LogP contribution < -0.4 is 4.73 Å². The summed E-state index contributed by atoms with van der Waals surface area (Å²) in [5.74, 6) is 0.885. The van der Waals surface area contributed by atoms with Crippen molar-refractivity contribution < 1.29 is 17.9 Å². The van der Waals surface area contributed by atoms with Crippen LogP contribution in [0, 0.1) is 5.21 Å². The van der Waals surface area contributed by atoms with Crippen LogP contribution in [0.5, 0.6) is 0 Å². The van der Waals surface area contributed by atoms with Gasteiger partial charge in [-0.3, -0.25) is 0 Å². The largest absolute Gasteiger partial charge is 0.618 e. The fourth-order valence-electron chi connectivity index (χ4n) is 3.42. The van der Waals surface area contributed by atoms with E-state index in [1.165, 1.54) is 12.5 Å². The summed E-state index contributed by atoms with van der Waals surface area (Å²) in [7, 11) is -3.08. The number of sulfone groups is 1. The molecule has 0 aliphatic heterocycles. The summed E-state index contributed by atoms with van der Waals surface area (Å²) in [6.45, 7) is 6.62. The molecule has 0 saturated carbocycles. The molecule has 0 aliphatic rings. The summed E-state index contributed by atoms with van der Waals surface area (Å²) in [6.07, 6.45) is 4.43. The lowest BCUT2D eigenvalue weighted by atomic mass is 10.1. The Morgan fingerprint density at radius 3 is 2.68 bits per heavy atom. The van der Waals surface area contributed by atoms with Crippen molar-refractivity contribution in [1.29, 1.82) is 0 Å². The molecule has 0 bridgehead atoms. The van der Waals surface area contributed by atoms with Crippen molar-refractivity contribution in [2.24, 2.45) is 0 Å². The molecule has 0 aliphatic carbocycles. The molecule has 2 heterocycles. The van der Waals surface area contributed by atoms with Gasteiger partial charge in [0.05, 0.1) is 35.4 Å². The zero-order valence-electron chi connectivity index (χ0n) is 16.8. The maximum atomic E-state index is 12.4. The summed E-state index contributed by atoms with van der Waals surface area (Å²) in [5.41, 5.74) is 1.57. The van der Waals surface area contributed by atoms with Crippen molar-refractivity contribution >= 4 is 31.8 Å². The fourth-order valence-corrected chi connectivity index (χ4v) is 3.81. The van der Waals surface area contributed by atoms with Gasteiger partial charge in [0.2, 0.25) is 11.7 Å². The Hall–Kier alpha value is -2.19. The summed E-state index contributed by atoms with van der Waals surface area (Å²) in [4.78, 5) is 4.71. The average molecular weight is 406 g/mol. The highest BCUT2D eigenvalue weighted by atomic mass is 32.2. The van der Waals surface area contributed by atoms with Crippen molar-refractivity contribution in [3.8, 4) is 0 Å². The molecule has 28 heavy (non-hydrogen) atoms. The normalized spacial score (nSPS) is 12.9. The third-order valence-electron chi connectivity index (χ3n) is 4.67. The maximum Gasteiger partial charge on any atom is 0.226 e. The first-order valence-corrected chi connectivity index (χ1v) is 11.5. The summed E-state index contributed by atoms with van der Waals surface area (Å²) in [6, 6.07) is 7.48. The Morgan fingerprint density at radius 2 is 2.00 bits per heavy atom. The molecule has 0 saturated heterocycles. The number of pyridine rings is 1. The zero-order chi connectivity index (χ0) is 20.5. The van der Waals surface area contributed by atoms with Gasteiger partial charge in [0.25, 0.3) is 0 Å². The molecular formula is C20H27N3O4S. The van der Waals surface area contributed by atoms with Crippen LogP contribution in [0.3, 0.4) is 0 Å². The van der Waals surface area contributed by atoms with Crippen LogP contribution >= 0.6 is 0 Å². The van der Waals surface area contributed by atoms with E-state index in [-0.39, 0.29) is 12.4 Å². The minimum atomic E-state index is -3.08. The second kappa shape index (κ2) is 7.67. The first-order valence-electron chi connectivity index (χ1n) is 9.43.